The van der Waals surface area contributed by atoms with E-state index in [4.69, 9.17) is 4.74 Å². The van der Waals surface area contributed by atoms with E-state index in [1.807, 2.05) is 63.2 Å². The van der Waals surface area contributed by atoms with Crippen LogP contribution in [-0.4, -0.2) is 21.2 Å². The summed E-state index contributed by atoms with van der Waals surface area (Å²) in [6, 6.07) is 23.3. The lowest BCUT2D eigenvalue weighted by atomic mass is 10.1. The zero-order chi connectivity index (χ0) is 28.2. The van der Waals surface area contributed by atoms with Crippen LogP contribution in [0.1, 0.15) is 50.3 Å². The van der Waals surface area contributed by atoms with Crippen molar-refractivity contribution in [2.24, 2.45) is 0 Å². The van der Waals surface area contributed by atoms with Crippen LogP contribution in [0.3, 0.4) is 0 Å². The minimum absolute atomic E-state index is 0.0537. The highest BCUT2D eigenvalue weighted by atomic mass is 32.1. The predicted molar refractivity (Wildman–Crippen MR) is 158 cm³/mol. The van der Waals surface area contributed by atoms with Gasteiger partial charge < -0.3 is 15.4 Å². The Hall–Kier alpha value is -4.76. The van der Waals surface area contributed by atoms with E-state index in [0.717, 1.165) is 28.9 Å². The number of benzene rings is 3. The van der Waals surface area contributed by atoms with Gasteiger partial charge in [-0.2, -0.15) is 0 Å². The van der Waals surface area contributed by atoms with Crippen LogP contribution in [0.2, 0.25) is 0 Å². The van der Waals surface area contributed by atoms with Gasteiger partial charge in [0.05, 0.1) is 0 Å². The van der Waals surface area contributed by atoms with Crippen LogP contribution in [0.5, 0.6) is 11.5 Å². The molecule has 0 atom stereocenters. The van der Waals surface area contributed by atoms with Crippen molar-refractivity contribution in [1.29, 1.82) is 0 Å². The van der Waals surface area contributed by atoms with E-state index >= 15 is 0 Å². The summed E-state index contributed by atoms with van der Waals surface area (Å²) in [4.78, 5) is 45.2. The lowest BCUT2D eigenvalue weighted by molar-refractivity contribution is 0.0989. The van der Waals surface area contributed by atoms with E-state index in [2.05, 4.69) is 15.6 Å². The maximum atomic E-state index is 13.6. The van der Waals surface area contributed by atoms with Crippen molar-refractivity contribution >= 4 is 39.5 Å². The molecule has 2 aromatic heterocycles. The first-order chi connectivity index (χ1) is 19.3. The molecule has 3 aromatic carbocycles. The van der Waals surface area contributed by atoms with Gasteiger partial charge in [-0.3, -0.25) is 14.4 Å². The van der Waals surface area contributed by atoms with Crippen LogP contribution in [0.4, 0.5) is 11.4 Å². The number of nitrogens with zero attached hydrogens (tertiary/aromatic N) is 2. The van der Waals surface area contributed by atoms with E-state index in [0.29, 0.717) is 39.9 Å². The fourth-order valence-corrected chi connectivity index (χ4v) is 5.36. The number of fused-ring (bicyclic) bond motifs is 1. The number of amides is 2. The molecule has 2 N–H and O–H groups in total. The Kier molecular flexibility index (Phi) is 7.75. The smallest absolute Gasteiger partial charge is 0.274 e. The molecular weight excluding hydrogens is 524 g/mol. The number of rotatable bonds is 8. The first-order valence-corrected chi connectivity index (χ1v) is 13.7. The Balaban J connectivity index is 1.48. The van der Waals surface area contributed by atoms with Gasteiger partial charge in [0.2, 0.25) is 0 Å². The number of hydrogen-bond acceptors (Lipinski definition) is 6. The van der Waals surface area contributed by atoms with Crippen LogP contribution in [0.15, 0.2) is 83.7 Å². The Morgan fingerprint density at radius 1 is 0.900 bits per heavy atom. The summed E-state index contributed by atoms with van der Waals surface area (Å²) >= 11 is 1.01. The van der Waals surface area contributed by atoms with E-state index in [-0.39, 0.29) is 10.6 Å². The molecule has 202 valence electrons. The van der Waals surface area contributed by atoms with E-state index in [1.165, 1.54) is 10.5 Å². The number of aromatic nitrogens is 2. The summed E-state index contributed by atoms with van der Waals surface area (Å²) in [7, 11) is 0. The minimum Gasteiger partial charge on any atom is -0.457 e. The van der Waals surface area contributed by atoms with Gasteiger partial charge in [0, 0.05) is 23.1 Å². The maximum absolute atomic E-state index is 13.6. The van der Waals surface area contributed by atoms with Gasteiger partial charge >= 0.3 is 0 Å². The average Bonchev–Trinajstić information content (AvgIpc) is 3.33. The van der Waals surface area contributed by atoms with Gasteiger partial charge in [-0.05, 0) is 68.3 Å². The molecule has 0 aliphatic carbocycles. The van der Waals surface area contributed by atoms with Gasteiger partial charge in [-0.1, -0.05) is 60.6 Å². The molecule has 2 heterocycles. The Morgan fingerprint density at radius 3 is 2.33 bits per heavy atom. The number of hydrogen-bond donors (Lipinski definition) is 2. The maximum Gasteiger partial charge on any atom is 0.274 e. The highest BCUT2D eigenvalue weighted by molar-refractivity contribution is 7.19. The number of thiazole rings is 1. The van der Waals surface area contributed by atoms with Gasteiger partial charge in [0.25, 0.3) is 17.4 Å². The van der Waals surface area contributed by atoms with Crippen molar-refractivity contribution < 1.29 is 14.3 Å². The average molecular weight is 553 g/mol. The first-order valence-electron chi connectivity index (χ1n) is 12.9. The topological polar surface area (TPSA) is 102 Å². The number of ether oxygens (including phenoxy) is 1. The van der Waals surface area contributed by atoms with Crippen molar-refractivity contribution in [3.8, 4) is 11.5 Å². The fraction of sp³-hybridized carbons (Fsp3) is 0.161. The lowest BCUT2D eigenvalue weighted by Gasteiger charge is -2.11. The van der Waals surface area contributed by atoms with Crippen molar-refractivity contribution in [1.82, 2.24) is 9.38 Å². The number of aryl methyl sites for hydroxylation is 3. The summed E-state index contributed by atoms with van der Waals surface area (Å²) in [6.07, 6.45) is 1.43. The summed E-state index contributed by atoms with van der Waals surface area (Å²) in [5.74, 6) is 0.222. The highest BCUT2D eigenvalue weighted by Gasteiger charge is 2.27. The first kappa shape index (κ1) is 26.8. The third-order valence-corrected chi connectivity index (χ3v) is 7.26. The van der Waals surface area contributed by atoms with Crippen LogP contribution in [0.25, 0.3) is 4.96 Å². The molecule has 0 aliphatic rings. The van der Waals surface area contributed by atoms with E-state index in [9.17, 15) is 14.4 Å². The molecule has 2 amide bonds. The van der Waals surface area contributed by atoms with Crippen LogP contribution >= 0.6 is 11.3 Å². The quantitative estimate of drug-likeness (QED) is 0.225. The van der Waals surface area contributed by atoms with Gasteiger partial charge in [-0.15, -0.1) is 0 Å². The molecule has 0 bridgehead atoms. The normalized spacial score (nSPS) is 10.9. The summed E-state index contributed by atoms with van der Waals surface area (Å²) in [5, 5.41) is 5.71. The number of para-hydroxylation sites is 1. The van der Waals surface area contributed by atoms with Crippen molar-refractivity contribution in [3.05, 3.63) is 117 Å². The molecule has 0 spiro atoms. The van der Waals surface area contributed by atoms with Crippen LogP contribution < -0.4 is 20.9 Å². The third kappa shape index (κ3) is 5.79. The van der Waals surface area contributed by atoms with Crippen LogP contribution in [-0.2, 0) is 6.42 Å². The molecule has 8 nitrogen and oxygen atoms in total. The molecule has 5 aromatic rings. The standard InChI is InChI=1S/C31H28N4O4S/c1-4-8-22-18-26(36)35-27(29(37)34-25-16-11-19(2)17-20(25)3)28(40-31(35)33-22)30(38)32-21-12-14-24(15-13-21)39-23-9-6-5-7-10-23/h5-7,9-18H,4,8H2,1-3H3,(H,32,38)(H,34,37). The number of carbonyl (C=O) groups is 2. The molecule has 5 rings (SSSR count). The molecule has 9 heteroatoms. The second kappa shape index (κ2) is 11.5. The molecule has 40 heavy (non-hydrogen) atoms. The number of nitrogens with one attached hydrogen (secondary N) is 2. The fourth-order valence-electron chi connectivity index (χ4n) is 4.32. The zero-order valence-corrected chi connectivity index (χ0v) is 23.2. The molecule has 0 aliphatic heterocycles. The highest BCUT2D eigenvalue weighted by Crippen LogP contribution is 2.27. The van der Waals surface area contributed by atoms with E-state index < -0.39 is 17.4 Å². The largest absolute Gasteiger partial charge is 0.457 e. The molecule has 0 fully saturated rings. The second-order valence-electron chi connectivity index (χ2n) is 9.40. The molecule has 0 saturated heterocycles. The monoisotopic (exact) mass is 552 g/mol. The van der Waals surface area contributed by atoms with Gasteiger partial charge in [0.15, 0.2) is 4.96 Å². The Bertz CT molecular complexity index is 1760. The van der Waals surface area contributed by atoms with E-state index in [1.54, 1.807) is 30.3 Å². The Morgan fingerprint density at radius 2 is 1.62 bits per heavy atom. The van der Waals surface area contributed by atoms with Crippen molar-refractivity contribution in [2.45, 2.75) is 33.6 Å². The van der Waals surface area contributed by atoms with Crippen molar-refractivity contribution in [2.75, 3.05) is 10.6 Å². The SMILES string of the molecule is CCCc1cc(=O)n2c(C(=O)Nc3ccc(C)cc3C)c(C(=O)Nc3ccc(Oc4ccccc4)cc3)sc2n1. The van der Waals surface area contributed by atoms with Gasteiger partial charge in [-0.25, -0.2) is 9.38 Å². The molecule has 0 saturated carbocycles. The van der Waals surface area contributed by atoms with Crippen molar-refractivity contribution in [3.63, 3.8) is 0 Å². The molecular formula is C31H28N4O4S. The second-order valence-corrected chi connectivity index (χ2v) is 10.4. The lowest BCUT2D eigenvalue weighted by Crippen LogP contribution is -2.25. The summed E-state index contributed by atoms with van der Waals surface area (Å²) < 4.78 is 7.04. The minimum atomic E-state index is -0.567. The molecule has 0 unspecified atom stereocenters. The molecule has 0 radical (unpaired) electrons. The number of anilines is 2. The zero-order valence-electron chi connectivity index (χ0n) is 22.4. The third-order valence-electron chi connectivity index (χ3n) is 6.22. The summed E-state index contributed by atoms with van der Waals surface area (Å²) in [5.41, 5.74) is 3.19. The van der Waals surface area contributed by atoms with Crippen LogP contribution in [0, 0.1) is 13.8 Å². The Labute approximate surface area is 235 Å². The van der Waals surface area contributed by atoms with Gasteiger partial charge in [0.1, 0.15) is 22.1 Å². The predicted octanol–water partition coefficient (Wildman–Crippen LogP) is 6.62. The number of carbonyl (C=O) groups excluding carboxylic acids is 2. The summed E-state index contributed by atoms with van der Waals surface area (Å²) in [6.45, 7) is 5.85.